The van der Waals surface area contributed by atoms with Crippen molar-refractivity contribution in [3.63, 3.8) is 0 Å². The van der Waals surface area contributed by atoms with Gasteiger partial charge in [-0.05, 0) is 30.7 Å². The Hall–Kier alpha value is -2.37. The molecule has 0 aliphatic heterocycles. The Morgan fingerprint density at radius 3 is 2.65 bits per heavy atom. The summed E-state index contributed by atoms with van der Waals surface area (Å²) in [7, 11) is 0. The third kappa shape index (κ3) is 3.89. The summed E-state index contributed by atoms with van der Waals surface area (Å²) in [4.78, 5) is 24.7. The fraction of sp³-hybridized carbons (Fsp3) is 0.550. The van der Waals surface area contributed by atoms with Gasteiger partial charge >= 0.3 is 0 Å². The number of rotatable bonds is 6. The van der Waals surface area contributed by atoms with Crippen molar-refractivity contribution in [1.29, 1.82) is 0 Å². The third-order valence-corrected chi connectivity index (χ3v) is 5.01. The predicted molar refractivity (Wildman–Crippen MR) is 102 cm³/mol. The zero-order valence-corrected chi connectivity index (χ0v) is 15.3. The molecule has 1 fully saturated rings. The molecule has 1 heterocycles. The highest BCUT2D eigenvalue weighted by Crippen LogP contribution is 2.27. The number of nitrogens with one attached hydrogen (secondary N) is 1. The van der Waals surface area contributed by atoms with Crippen LogP contribution in [-0.2, 0) is 11.3 Å². The maximum absolute atomic E-state index is 13.0. The lowest BCUT2D eigenvalue weighted by molar-refractivity contribution is -0.120. The number of fused-ring (bicyclic) bond motifs is 1. The molecule has 3 N–H and O–H groups in total. The molecular formula is C20H28N4O2. The minimum absolute atomic E-state index is 0.0706. The van der Waals surface area contributed by atoms with Gasteiger partial charge in [-0.2, -0.15) is 5.10 Å². The Kier molecular flexibility index (Phi) is 4.18. The van der Waals surface area contributed by atoms with Gasteiger partial charge in [0.25, 0.3) is 5.91 Å². The monoisotopic (exact) mass is 360 g/mol. The van der Waals surface area contributed by atoms with Crippen LogP contribution in [0.15, 0.2) is 24.2 Å². The number of primary amides is 1. The summed E-state index contributed by atoms with van der Waals surface area (Å²) in [5, 5.41) is 7.06. The molecule has 0 spiro atoms. The van der Waals surface area contributed by atoms with E-state index in [1.165, 1.54) is 11.1 Å². The highest BCUT2D eigenvalue weighted by Gasteiger charge is 2.26. The van der Waals surface area contributed by atoms with Crippen molar-refractivity contribution in [3.8, 4) is 0 Å². The molecule has 0 saturated heterocycles. The Bertz CT molecular complexity index is 983. The van der Waals surface area contributed by atoms with Gasteiger partial charge in [0.1, 0.15) is 6.04 Å². The van der Waals surface area contributed by atoms with Crippen molar-refractivity contribution in [2.75, 3.05) is 0 Å². The Labute approximate surface area is 159 Å². The Morgan fingerprint density at radius 1 is 1.31 bits per heavy atom. The number of amides is 2. The Morgan fingerprint density at radius 2 is 2.00 bits per heavy atom. The molecule has 1 aliphatic carbocycles. The van der Waals surface area contributed by atoms with Gasteiger partial charge in [0.15, 0.2) is 5.69 Å². The minimum Gasteiger partial charge on any atom is -0.368 e. The van der Waals surface area contributed by atoms with Gasteiger partial charge in [0, 0.05) is 11.9 Å². The van der Waals surface area contributed by atoms with Crippen LogP contribution in [0.25, 0.3) is 10.9 Å². The minimum atomic E-state index is -0.911. The molecule has 1 unspecified atom stereocenters. The van der Waals surface area contributed by atoms with E-state index >= 15 is 0 Å². The fourth-order valence-corrected chi connectivity index (χ4v) is 3.57. The standard InChI is InChI=1S/C20H28N4O2/c1-13(2)17(19(21)25)22-20(26)18-15-10-6-7-11-16(15)24(23-18)12-14-8-4-3-5-9-14/h6-7,10-11,13-14,17H,3-5,8-9,12H2,1-2H3,(H2,21,25)(H,22,26)/i6D,7D,10D,11D. The molecule has 1 atom stereocenters. The van der Waals surface area contributed by atoms with Gasteiger partial charge in [0.05, 0.1) is 11.0 Å². The number of carbonyl (C=O) groups excluding carboxylic acids is 2. The lowest BCUT2D eigenvalue weighted by Gasteiger charge is -2.21. The molecule has 1 saturated carbocycles. The number of aromatic nitrogens is 2. The average Bonchev–Trinajstić information content (AvgIpc) is 3.08. The largest absolute Gasteiger partial charge is 0.368 e. The van der Waals surface area contributed by atoms with E-state index in [9.17, 15) is 9.59 Å². The molecule has 1 aromatic heterocycles. The second kappa shape index (κ2) is 7.89. The summed E-state index contributed by atoms with van der Waals surface area (Å²) in [6.45, 7) is 3.98. The van der Waals surface area contributed by atoms with Gasteiger partial charge in [-0.15, -0.1) is 0 Å². The van der Waals surface area contributed by atoms with Crippen molar-refractivity contribution >= 4 is 22.7 Å². The normalized spacial score (nSPS) is 18.9. The lowest BCUT2D eigenvalue weighted by atomic mass is 9.89. The van der Waals surface area contributed by atoms with E-state index in [1.54, 1.807) is 13.8 Å². The Balaban J connectivity index is 2.11. The number of benzene rings is 1. The van der Waals surface area contributed by atoms with Crippen LogP contribution in [0.2, 0.25) is 0 Å². The van der Waals surface area contributed by atoms with Crippen molar-refractivity contribution in [2.24, 2.45) is 17.6 Å². The van der Waals surface area contributed by atoms with Crippen molar-refractivity contribution in [2.45, 2.75) is 58.5 Å². The first-order chi connectivity index (χ1) is 14.1. The van der Waals surface area contributed by atoms with Crippen LogP contribution < -0.4 is 11.1 Å². The molecule has 2 amide bonds. The number of nitrogens with two attached hydrogens (primary N) is 1. The van der Waals surface area contributed by atoms with Gasteiger partial charge in [-0.25, -0.2) is 0 Å². The second-order valence-electron chi connectivity index (χ2n) is 7.36. The van der Waals surface area contributed by atoms with E-state index < -0.39 is 23.9 Å². The van der Waals surface area contributed by atoms with Gasteiger partial charge < -0.3 is 11.1 Å². The molecule has 0 bridgehead atoms. The summed E-state index contributed by atoms with van der Waals surface area (Å²) in [5.74, 6) is -1.25. The average molecular weight is 360 g/mol. The van der Waals surface area contributed by atoms with E-state index in [2.05, 4.69) is 10.4 Å². The summed E-state index contributed by atoms with van der Waals surface area (Å²) in [6.07, 6.45) is 5.46. The van der Waals surface area contributed by atoms with E-state index in [-0.39, 0.29) is 40.6 Å². The molecule has 0 radical (unpaired) electrons. The van der Waals surface area contributed by atoms with Crippen LogP contribution in [0.5, 0.6) is 0 Å². The van der Waals surface area contributed by atoms with Crippen LogP contribution >= 0.6 is 0 Å². The molecule has 140 valence electrons. The number of hydrogen-bond donors (Lipinski definition) is 2. The highest BCUT2D eigenvalue weighted by atomic mass is 16.2. The van der Waals surface area contributed by atoms with Crippen molar-refractivity contribution in [1.82, 2.24) is 15.1 Å². The molecule has 1 aromatic carbocycles. The van der Waals surface area contributed by atoms with Crippen LogP contribution in [0.4, 0.5) is 0 Å². The predicted octanol–water partition coefficient (Wildman–Crippen LogP) is 2.86. The number of hydrogen-bond acceptors (Lipinski definition) is 3. The van der Waals surface area contributed by atoms with Crippen LogP contribution in [0.3, 0.4) is 0 Å². The van der Waals surface area contributed by atoms with Crippen LogP contribution in [-0.4, -0.2) is 27.6 Å². The smallest absolute Gasteiger partial charge is 0.273 e. The van der Waals surface area contributed by atoms with Crippen LogP contribution in [0, 0.1) is 11.8 Å². The molecule has 3 rings (SSSR count). The quantitative estimate of drug-likeness (QED) is 0.830. The molecule has 1 aliphatic rings. The highest BCUT2D eigenvalue weighted by molar-refractivity contribution is 6.06. The van der Waals surface area contributed by atoms with E-state index in [0.29, 0.717) is 12.5 Å². The number of carbonyl (C=O) groups is 2. The summed E-state index contributed by atoms with van der Waals surface area (Å²) in [6, 6.07) is -2.22. The maximum Gasteiger partial charge on any atom is 0.273 e. The van der Waals surface area contributed by atoms with Gasteiger partial charge in [-0.3, -0.25) is 14.3 Å². The van der Waals surface area contributed by atoms with E-state index in [1.807, 2.05) is 0 Å². The third-order valence-electron chi connectivity index (χ3n) is 5.01. The van der Waals surface area contributed by atoms with Crippen LogP contribution in [0.1, 0.15) is 61.9 Å². The van der Waals surface area contributed by atoms with Gasteiger partial charge in [-0.1, -0.05) is 51.2 Å². The maximum atomic E-state index is 13.0. The topological polar surface area (TPSA) is 90.0 Å². The molecular weight excluding hydrogens is 328 g/mol. The summed E-state index contributed by atoms with van der Waals surface area (Å²) in [5.41, 5.74) is 5.51. The first-order valence-corrected chi connectivity index (χ1v) is 9.20. The van der Waals surface area contributed by atoms with E-state index in [4.69, 9.17) is 11.2 Å². The first kappa shape index (κ1) is 13.8. The molecule has 26 heavy (non-hydrogen) atoms. The van der Waals surface area contributed by atoms with Crippen molar-refractivity contribution < 1.29 is 15.1 Å². The van der Waals surface area contributed by atoms with Gasteiger partial charge in [0.2, 0.25) is 5.91 Å². The molecule has 6 heteroatoms. The lowest BCUT2D eigenvalue weighted by Crippen LogP contribution is -2.47. The fourth-order valence-electron chi connectivity index (χ4n) is 3.57. The molecule has 2 aromatic rings. The number of para-hydroxylation sites is 1. The summed E-state index contributed by atoms with van der Waals surface area (Å²) < 4.78 is 34.3. The molecule has 6 nitrogen and oxygen atoms in total. The van der Waals surface area contributed by atoms with Crippen molar-refractivity contribution in [3.05, 3.63) is 29.9 Å². The SMILES string of the molecule is [2H]c1c([2H])c([2H])c2c(c(C(=O)NC(C(N)=O)C(C)C)nn2CC2CCCCC2)c1[2H]. The number of nitrogens with zero attached hydrogens (tertiary/aromatic N) is 2. The van der Waals surface area contributed by atoms with E-state index in [0.717, 1.165) is 25.7 Å². The summed E-state index contributed by atoms with van der Waals surface area (Å²) >= 11 is 0. The zero-order chi connectivity index (χ0) is 22.2. The first-order valence-electron chi connectivity index (χ1n) is 11.2. The second-order valence-corrected chi connectivity index (χ2v) is 7.36. The zero-order valence-electron chi connectivity index (χ0n) is 19.3.